The third-order valence-corrected chi connectivity index (χ3v) is 4.26. The molecule has 2 aromatic carbocycles. The SMILES string of the molecule is Cn1ccnc1[C@@H](NC(=O)COc1cccc(Br)c1)c1cccc(F)c1. The van der Waals surface area contributed by atoms with Crippen LogP contribution in [0.5, 0.6) is 5.75 Å². The average Bonchev–Trinajstić information content (AvgIpc) is 3.04. The highest BCUT2D eigenvalue weighted by atomic mass is 79.9. The van der Waals surface area contributed by atoms with Crippen LogP contribution < -0.4 is 10.1 Å². The first-order valence-corrected chi connectivity index (χ1v) is 8.72. The summed E-state index contributed by atoms with van der Waals surface area (Å²) in [6.07, 6.45) is 3.40. The van der Waals surface area contributed by atoms with Crippen LogP contribution in [0.3, 0.4) is 0 Å². The van der Waals surface area contributed by atoms with Crippen LogP contribution in [-0.4, -0.2) is 22.1 Å². The zero-order chi connectivity index (χ0) is 18.5. The highest BCUT2D eigenvalue weighted by molar-refractivity contribution is 9.10. The number of nitrogens with zero attached hydrogens (tertiary/aromatic N) is 2. The lowest BCUT2D eigenvalue weighted by atomic mass is 10.1. The molecule has 7 heteroatoms. The summed E-state index contributed by atoms with van der Waals surface area (Å²) < 4.78 is 21.8. The number of benzene rings is 2. The quantitative estimate of drug-likeness (QED) is 0.666. The summed E-state index contributed by atoms with van der Waals surface area (Å²) in [5.74, 6) is 0.476. The third-order valence-electron chi connectivity index (χ3n) is 3.77. The van der Waals surface area contributed by atoms with Crippen molar-refractivity contribution in [1.29, 1.82) is 0 Å². The predicted octanol–water partition coefficient (Wildman–Crippen LogP) is 3.61. The van der Waals surface area contributed by atoms with Gasteiger partial charge in [-0.1, -0.05) is 34.1 Å². The summed E-state index contributed by atoms with van der Waals surface area (Å²) in [5.41, 5.74) is 0.607. The van der Waals surface area contributed by atoms with Gasteiger partial charge in [0, 0.05) is 23.9 Å². The van der Waals surface area contributed by atoms with Gasteiger partial charge in [-0.2, -0.15) is 0 Å². The molecule has 0 aliphatic heterocycles. The van der Waals surface area contributed by atoms with E-state index < -0.39 is 6.04 Å². The zero-order valence-electron chi connectivity index (χ0n) is 14.0. The van der Waals surface area contributed by atoms with Gasteiger partial charge in [0.1, 0.15) is 23.4 Å². The van der Waals surface area contributed by atoms with Crippen molar-refractivity contribution < 1.29 is 13.9 Å². The van der Waals surface area contributed by atoms with E-state index in [1.165, 1.54) is 12.1 Å². The highest BCUT2D eigenvalue weighted by Crippen LogP contribution is 2.21. The lowest BCUT2D eigenvalue weighted by molar-refractivity contribution is -0.123. The molecule has 0 fully saturated rings. The molecule has 0 bridgehead atoms. The van der Waals surface area contributed by atoms with Gasteiger partial charge in [0.2, 0.25) is 0 Å². The molecule has 0 aliphatic carbocycles. The maximum absolute atomic E-state index is 13.6. The van der Waals surface area contributed by atoms with Crippen LogP contribution in [0.25, 0.3) is 0 Å². The molecule has 5 nitrogen and oxygen atoms in total. The molecule has 134 valence electrons. The van der Waals surface area contributed by atoms with Crippen molar-refractivity contribution in [3.63, 3.8) is 0 Å². The molecule has 0 aliphatic rings. The summed E-state index contributed by atoms with van der Waals surface area (Å²) in [4.78, 5) is 16.7. The number of hydrogen-bond donors (Lipinski definition) is 1. The van der Waals surface area contributed by atoms with Crippen LogP contribution in [0, 0.1) is 5.82 Å². The average molecular weight is 418 g/mol. The summed E-state index contributed by atoms with van der Waals surface area (Å²) in [6.45, 7) is -0.160. The number of carbonyl (C=O) groups excluding carboxylic acids is 1. The van der Waals surface area contributed by atoms with E-state index in [-0.39, 0.29) is 18.3 Å². The fourth-order valence-corrected chi connectivity index (χ4v) is 2.92. The Morgan fingerprint density at radius 2 is 2.12 bits per heavy atom. The Kier molecular flexibility index (Phi) is 5.68. The van der Waals surface area contributed by atoms with Crippen molar-refractivity contribution in [1.82, 2.24) is 14.9 Å². The standard InChI is InChI=1S/C19H17BrFN3O2/c1-24-9-8-22-19(24)18(13-4-2-6-15(21)10-13)23-17(25)12-26-16-7-3-5-14(20)11-16/h2-11,18H,12H2,1H3,(H,23,25)/t18-/m0/s1. The first kappa shape index (κ1) is 18.1. The van der Waals surface area contributed by atoms with Crippen molar-refractivity contribution in [2.75, 3.05) is 6.61 Å². The summed E-state index contributed by atoms with van der Waals surface area (Å²) in [5, 5.41) is 2.86. The smallest absolute Gasteiger partial charge is 0.258 e. The molecule has 1 aromatic heterocycles. The van der Waals surface area contributed by atoms with Crippen LogP contribution >= 0.6 is 15.9 Å². The van der Waals surface area contributed by atoms with Gasteiger partial charge in [0.15, 0.2) is 6.61 Å². The Bertz CT molecular complexity index is 913. The second-order valence-corrected chi connectivity index (χ2v) is 6.61. The van der Waals surface area contributed by atoms with Gasteiger partial charge in [-0.05, 0) is 35.9 Å². The van der Waals surface area contributed by atoms with E-state index in [0.29, 0.717) is 17.1 Å². The van der Waals surface area contributed by atoms with Crippen molar-refractivity contribution in [3.05, 3.63) is 82.6 Å². The van der Waals surface area contributed by atoms with Crippen molar-refractivity contribution in [3.8, 4) is 5.75 Å². The maximum Gasteiger partial charge on any atom is 0.258 e. The number of ether oxygens (including phenoxy) is 1. The Hall–Kier alpha value is -2.67. The number of aromatic nitrogens is 2. The molecule has 3 rings (SSSR count). The molecular weight excluding hydrogens is 401 g/mol. The monoisotopic (exact) mass is 417 g/mol. The van der Waals surface area contributed by atoms with E-state index in [9.17, 15) is 9.18 Å². The van der Waals surface area contributed by atoms with Gasteiger partial charge in [0.25, 0.3) is 5.91 Å². The molecular formula is C19H17BrFN3O2. The van der Waals surface area contributed by atoms with Crippen LogP contribution in [0.4, 0.5) is 4.39 Å². The van der Waals surface area contributed by atoms with Crippen LogP contribution in [0.15, 0.2) is 65.4 Å². The Labute approximate surface area is 159 Å². The fourth-order valence-electron chi connectivity index (χ4n) is 2.55. The van der Waals surface area contributed by atoms with Crippen LogP contribution in [-0.2, 0) is 11.8 Å². The fraction of sp³-hybridized carbons (Fsp3) is 0.158. The molecule has 1 heterocycles. The molecule has 1 atom stereocenters. The molecule has 0 spiro atoms. The number of nitrogens with one attached hydrogen (secondary N) is 1. The summed E-state index contributed by atoms with van der Waals surface area (Å²) in [6, 6.07) is 12.7. The van der Waals surface area contributed by atoms with Gasteiger partial charge in [-0.25, -0.2) is 9.37 Å². The van der Waals surface area contributed by atoms with E-state index in [1.807, 2.05) is 19.2 Å². The van der Waals surface area contributed by atoms with Crippen molar-refractivity contribution >= 4 is 21.8 Å². The molecule has 0 saturated heterocycles. The van der Waals surface area contributed by atoms with Gasteiger partial charge >= 0.3 is 0 Å². The predicted molar refractivity (Wildman–Crippen MR) is 99.2 cm³/mol. The van der Waals surface area contributed by atoms with E-state index in [0.717, 1.165) is 4.47 Å². The van der Waals surface area contributed by atoms with Gasteiger partial charge in [-0.15, -0.1) is 0 Å². The molecule has 1 N–H and O–H groups in total. The lowest BCUT2D eigenvalue weighted by Gasteiger charge is -2.19. The van der Waals surface area contributed by atoms with Gasteiger partial charge < -0.3 is 14.6 Å². The number of rotatable bonds is 6. The normalized spacial score (nSPS) is 11.8. The molecule has 0 unspecified atom stereocenters. The minimum atomic E-state index is -0.579. The van der Waals surface area contributed by atoms with Crippen LogP contribution in [0.2, 0.25) is 0 Å². The van der Waals surface area contributed by atoms with Crippen molar-refractivity contribution in [2.24, 2.45) is 7.05 Å². The van der Waals surface area contributed by atoms with Gasteiger partial charge in [-0.3, -0.25) is 4.79 Å². The summed E-state index contributed by atoms with van der Waals surface area (Å²) >= 11 is 3.35. The number of aryl methyl sites for hydroxylation is 1. The lowest BCUT2D eigenvalue weighted by Crippen LogP contribution is -2.34. The maximum atomic E-state index is 13.6. The van der Waals surface area contributed by atoms with E-state index in [1.54, 1.807) is 41.2 Å². The minimum Gasteiger partial charge on any atom is -0.484 e. The van der Waals surface area contributed by atoms with E-state index in [4.69, 9.17) is 4.74 Å². The van der Waals surface area contributed by atoms with Crippen LogP contribution in [0.1, 0.15) is 17.4 Å². The molecule has 0 saturated carbocycles. The number of carbonyl (C=O) groups is 1. The Morgan fingerprint density at radius 3 is 2.81 bits per heavy atom. The van der Waals surface area contributed by atoms with Gasteiger partial charge in [0.05, 0.1) is 0 Å². The summed E-state index contributed by atoms with van der Waals surface area (Å²) in [7, 11) is 1.82. The first-order valence-electron chi connectivity index (χ1n) is 7.93. The molecule has 1 amide bonds. The molecule has 26 heavy (non-hydrogen) atoms. The molecule has 0 radical (unpaired) electrons. The number of halogens is 2. The Balaban J connectivity index is 1.75. The van der Waals surface area contributed by atoms with Crippen molar-refractivity contribution in [2.45, 2.75) is 6.04 Å². The number of imidazole rings is 1. The Morgan fingerprint density at radius 1 is 1.31 bits per heavy atom. The topological polar surface area (TPSA) is 56.2 Å². The largest absolute Gasteiger partial charge is 0.484 e. The third kappa shape index (κ3) is 4.49. The second-order valence-electron chi connectivity index (χ2n) is 5.70. The van der Waals surface area contributed by atoms with E-state index >= 15 is 0 Å². The molecule has 3 aromatic rings. The zero-order valence-corrected chi connectivity index (χ0v) is 15.6. The first-order chi connectivity index (χ1) is 12.5. The number of amides is 1. The second kappa shape index (κ2) is 8.14. The van der Waals surface area contributed by atoms with E-state index in [2.05, 4.69) is 26.2 Å². The minimum absolute atomic E-state index is 0.160. The number of hydrogen-bond acceptors (Lipinski definition) is 3. The highest BCUT2D eigenvalue weighted by Gasteiger charge is 2.21.